The number of hydrogen-bond acceptors (Lipinski definition) is 1. The molecule has 2 N–H and O–H groups in total. The summed E-state index contributed by atoms with van der Waals surface area (Å²) in [4.78, 5) is 0. The lowest BCUT2D eigenvalue weighted by Crippen LogP contribution is -2.47. The lowest BCUT2D eigenvalue weighted by molar-refractivity contribution is -0.0605. The third-order valence-corrected chi connectivity index (χ3v) is 6.47. The van der Waals surface area contributed by atoms with Crippen LogP contribution in [-0.2, 0) is 0 Å². The van der Waals surface area contributed by atoms with Gasteiger partial charge in [-0.25, -0.2) is 0 Å². The molecular weight excluding hydrogens is 266 g/mol. The first-order valence-electron chi connectivity index (χ1n) is 8.14. The standard InChI is InChI=1S/C18H24ClN/c19-16-4-2-1-3-15(16)17(20)11-18-8-12-5-13(9-18)7-14(6-12)10-18/h1-4,12-14,17H,5-11,20H2. The molecule has 4 saturated carbocycles. The average molecular weight is 290 g/mol. The SMILES string of the molecule is NC(CC12CC3CC(CC(C3)C1)C2)c1ccccc1Cl. The van der Waals surface area contributed by atoms with Crippen molar-refractivity contribution in [1.82, 2.24) is 0 Å². The molecule has 0 aromatic heterocycles. The minimum atomic E-state index is 0.111. The Morgan fingerprint density at radius 2 is 1.60 bits per heavy atom. The van der Waals surface area contributed by atoms with Crippen molar-refractivity contribution in [3.63, 3.8) is 0 Å². The monoisotopic (exact) mass is 289 g/mol. The number of nitrogens with two attached hydrogens (primary N) is 1. The molecule has 5 rings (SSSR count). The molecule has 4 aliphatic rings. The molecule has 1 aromatic rings. The zero-order valence-electron chi connectivity index (χ0n) is 12.0. The smallest absolute Gasteiger partial charge is 0.0453 e. The third kappa shape index (κ3) is 2.19. The zero-order valence-corrected chi connectivity index (χ0v) is 12.8. The molecule has 2 heteroatoms. The first kappa shape index (κ1) is 13.2. The fourth-order valence-electron chi connectivity index (χ4n) is 5.89. The normalized spacial score (nSPS) is 40.0. The van der Waals surface area contributed by atoms with Crippen LogP contribution in [0.15, 0.2) is 24.3 Å². The number of hydrogen-bond donors (Lipinski definition) is 1. The van der Waals surface area contributed by atoms with Crippen LogP contribution in [0, 0.1) is 23.2 Å². The van der Waals surface area contributed by atoms with E-state index in [0.717, 1.165) is 34.8 Å². The summed E-state index contributed by atoms with van der Waals surface area (Å²) in [6.07, 6.45) is 9.92. The van der Waals surface area contributed by atoms with Gasteiger partial charge < -0.3 is 5.73 Å². The van der Waals surface area contributed by atoms with Crippen LogP contribution < -0.4 is 5.73 Å². The Bertz CT molecular complexity index is 475. The van der Waals surface area contributed by atoms with E-state index in [1.807, 2.05) is 12.1 Å². The topological polar surface area (TPSA) is 26.0 Å². The Balaban J connectivity index is 1.55. The lowest BCUT2D eigenvalue weighted by atomic mass is 9.48. The van der Waals surface area contributed by atoms with Gasteiger partial charge in [0.1, 0.15) is 0 Å². The molecular formula is C18H24ClN. The van der Waals surface area contributed by atoms with Crippen molar-refractivity contribution >= 4 is 11.6 Å². The van der Waals surface area contributed by atoms with Crippen LogP contribution in [0.3, 0.4) is 0 Å². The molecule has 0 saturated heterocycles. The molecule has 4 bridgehead atoms. The summed E-state index contributed by atoms with van der Waals surface area (Å²) in [6, 6.07) is 8.23. The molecule has 0 radical (unpaired) electrons. The highest BCUT2D eigenvalue weighted by Gasteiger charge is 2.51. The van der Waals surface area contributed by atoms with Crippen molar-refractivity contribution in [2.75, 3.05) is 0 Å². The van der Waals surface area contributed by atoms with E-state index in [1.165, 1.54) is 38.5 Å². The van der Waals surface area contributed by atoms with Crippen molar-refractivity contribution in [3.05, 3.63) is 34.9 Å². The number of halogens is 1. The van der Waals surface area contributed by atoms with Gasteiger partial charge in [0.25, 0.3) is 0 Å². The van der Waals surface area contributed by atoms with E-state index in [2.05, 4.69) is 12.1 Å². The Morgan fingerprint density at radius 3 is 2.15 bits per heavy atom. The van der Waals surface area contributed by atoms with E-state index < -0.39 is 0 Å². The highest BCUT2D eigenvalue weighted by Crippen LogP contribution is 2.62. The summed E-state index contributed by atoms with van der Waals surface area (Å²) in [5.41, 5.74) is 8.21. The van der Waals surface area contributed by atoms with Crippen molar-refractivity contribution in [2.24, 2.45) is 28.9 Å². The fraction of sp³-hybridized carbons (Fsp3) is 0.667. The molecule has 0 aliphatic heterocycles. The molecule has 0 amide bonds. The minimum Gasteiger partial charge on any atom is -0.324 e. The number of benzene rings is 1. The van der Waals surface area contributed by atoms with Gasteiger partial charge >= 0.3 is 0 Å². The Hall–Kier alpha value is -0.530. The summed E-state index contributed by atoms with van der Waals surface area (Å²) in [7, 11) is 0. The van der Waals surface area contributed by atoms with E-state index in [1.54, 1.807) is 0 Å². The minimum absolute atomic E-state index is 0.111. The van der Waals surface area contributed by atoms with Crippen LogP contribution >= 0.6 is 11.6 Å². The first-order chi connectivity index (χ1) is 9.63. The summed E-state index contributed by atoms with van der Waals surface area (Å²) in [5, 5.41) is 0.838. The van der Waals surface area contributed by atoms with Gasteiger partial charge in [-0.05, 0) is 79.7 Å². The zero-order chi connectivity index (χ0) is 13.7. The maximum absolute atomic E-state index is 6.53. The van der Waals surface area contributed by atoms with Gasteiger partial charge in [-0.1, -0.05) is 29.8 Å². The maximum Gasteiger partial charge on any atom is 0.0453 e. The first-order valence-corrected chi connectivity index (χ1v) is 8.51. The van der Waals surface area contributed by atoms with Gasteiger partial charge in [-0.2, -0.15) is 0 Å². The van der Waals surface area contributed by atoms with Crippen molar-refractivity contribution < 1.29 is 0 Å². The molecule has 0 heterocycles. The maximum atomic E-state index is 6.53. The largest absolute Gasteiger partial charge is 0.324 e. The van der Waals surface area contributed by atoms with Gasteiger partial charge in [0, 0.05) is 11.1 Å². The summed E-state index contributed by atoms with van der Waals surface area (Å²) < 4.78 is 0. The van der Waals surface area contributed by atoms with E-state index >= 15 is 0 Å². The summed E-state index contributed by atoms with van der Waals surface area (Å²) in [5.74, 6) is 3.00. The highest BCUT2D eigenvalue weighted by atomic mass is 35.5. The predicted octanol–water partition coefficient (Wildman–Crippen LogP) is 4.95. The average Bonchev–Trinajstić information content (AvgIpc) is 2.36. The van der Waals surface area contributed by atoms with Gasteiger partial charge in [-0.15, -0.1) is 0 Å². The second-order valence-electron chi connectivity index (χ2n) is 7.75. The number of rotatable bonds is 3. The van der Waals surface area contributed by atoms with E-state index in [0.29, 0.717) is 5.41 Å². The molecule has 1 nitrogen and oxygen atoms in total. The Kier molecular flexibility index (Phi) is 3.12. The molecule has 4 aliphatic carbocycles. The molecule has 108 valence electrons. The van der Waals surface area contributed by atoms with Gasteiger partial charge in [-0.3, -0.25) is 0 Å². The van der Waals surface area contributed by atoms with Crippen LogP contribution in [0.25, 0.3) is 0 Å². The van der Waals surface area contributed by atoms with Crippen LogP contribution in [0.2, 0.25) is 5.02 Å². The van der Waals surface area contributed by atoms with Crippen LogP contribution in [0.4, 0.5) is 0 Å². The van der Waals surface area contributed by atoms with Crippen molar-refractivity contribution in [3.8, 4) is 0 Å². The van der Waals surface area contributed by atoms with E-state index in [-0.39, 0.29) is 6.04 Å². The van der Waals surface area contributed by atoms with E-state index in [9.17, 15) is 0 Å². The molecule has 4 fully saturated rings. The fourth-order valence-corrected chi connectivity index (χ4v) is 6.17. The Morgan fingerprint density at radius 1 is 1.05 bits per heavy atom. The van der Waals surface area contributed by atoms with Crippen molar-refractivity contribution in [2.45, 2.75) is 51.0 Å². The molecule has 20 heavy (non-hydrogen) atoms. The van der Waals surface area contributed by atoms with Gasteiger partial charge in [0.2, 0.25) is 0 Å². The summed E-state index contributed by atoms with van der Waals surface area (Å²) in [6.45, 7) is 0. The van der Waals surface area contributed by atoms with Gasteiger partial charge in [0.15, 0.2) is 0 Å². The molecule has 1 atom stereocenters. The molecule has 1 aromatic carbocycles. The quantitative estimate of drug-likeness (QED) is 0.837. The van der Waals surface area contributed by atoms with Crippen molar-refractivity contribution in [1.29, 1.82) is 0 Å². The molecule has 1 unspecified atom stereocenters. The lowest BCUT2D eigenvalue weighted by Gasteiger charge is -2.57. The summed E-state index contributed by atoms with van der Waals surface area (Å²) >= 11 is 6.33. The Labute approximate surface area is 126 Å². The van der Waals surface area contributed by atoms with Crippen LogP contribution in [0.1, 0.15) is 56.6 Å². The van der Waals surface area contributed by atoms with Gasteiger partial charge in [0.05, 0.1) is 0 Å². The van der Waals surface area contributed by atoms with Crippen LogP contribution in [-0.4, -0.2) is 0 Å². The highest BCUT2D eigenvalue weighted by molar-refractivity contribution is 6.31. The second-order valence-corrected chi connectivity index (χ2v) is 8.16. The van der Waals surface area contributed by atoms with Crippen LogP contribution in [0.5, 0.6) is 0 Å². The van der Waals surface area contributed by atoms with E-state index in [4.69, 9.17) is 17.3 Å². The predicted molar refractivity (Wildman–Crippen MR) is 83.6 cm³/mol. The second kappa shape index (κ2) is 4.74. The third-order valence-electron chi connectivity index (χ3n) is 6.12. The molecule has 0 spiro atoms.